The first-order valence-electron chi connectivity index (χ1n) is 4.95. The van der Waals surface area contributed by atoms with Crippen molar-refractivity contribution in [1.29, 1.82) is 0 Å². The van der Waals surface area contributed by atoms with Gasteiger partial charge in [0.2, 0.25) is 6.39 Å². The average molecular weight is 234 g/mol. The summed E-state index contributed by atoms with van der Waals surface area (Å²) >= 11 is 0. The van der Waals surface area contributed by atoms with E-state index < -0.39 is 4.92 Å². The number of aromatic nitrogens is 2. The normalized spacial score (nSPS) is 10.4. The summed E-state index contributed by atoms with van der Waals surface area (Å²) in [6, 6.07) is 6.46. The van der Waals surface area contributed by atoms with E-state index in [1.165, 1.54) is 18.5 Å². The first-order chi connectivity index (χ1) is 8.25. The molecule has 0 unspecified atom stereocenters. The number of hydrogen-bond acceptors (Lipinski definition) is 6. The third-order valence-corrected chi connectivity index (χ3v) is 2.14. The molecule has 0 aliphatic carbocycles. The largest absolute Gasteiger partial charge is 0.343 e. The Hall–Kier alpha value is -2.28. The van der Waals surface area contributed by atoms with Crippen molar-refractivity contribution in [1.82, 2.24) is 15.5 Å². The number of benzene rings is 1. The molecule has 1 aromatic heterocycles. The highest BCUT2D eigenvalue weighted by Crippen LogP contribution is 2.12. The molecule has 17 heavy (non-hydrogen) atoms. The zero-order chi connectivity index (χ0) is 12.1. The summed E-state index contributed by atoms with van der Waals surface area (Å²) in [7, 11) is 0. The molecule has 1 N–H and O–H groups in total. The molecule has 7 nitrogen and oxygen atoms in total. The smallest absolute Gasteiger partial charge is 0.269 e. The van der Waals surface area contributed by atoms with Crippen LogP contribution in [0.5, 0.6) is 0 Å². The molecule has 0 atom stereocenters. The first-order valence-corrected chi connectivity index (χ1v) is 4.95. The number of nitrogens with zero attached hydrogens (tertiary/aromatic N) is 3. The van der Waals surface area contributed by atoms with Gasteiger partial charge in [-0.15, -0.1) is 0 Å². The molecule has 1 heterocycles. The van der Waals surface area contributed by atoms with Gasteiger partial charge in [-0.3, -0.25) is 10.1 Å². The second-order valence-electron chi connectivity index (χ2n) is 3.38. The lowest BCUT2D eigenvalue weighted by atomic mass is 10.2. The Bertz CT molecular complexity index is 498. The van der Waals surface area contributed by atoms with Crippen LogP contribution in [0.25, 0.3) is 0 Å². The van der Waals surface area contributed by atoms with Gasteiger partial charge in [0, 0.05) is 18.7 Å². The lowest BCUT2D eigenvalue weighted by Gasteiger charge is -2.01. The van der Waals surface area contributed by atoms with Crippen LogP contribution in [-0.4, -0.2) is 15.1 Å². The maximum atomic E-state index is 10.6. The zero-order valence-corrected chi connectivity index (χ0v) is 8.87. The van der Waals surface area contributed by atoms with Crippen LogP contribution in [-0.2, 0) is 13.1 Å². The molecule has 1 aromatic carbocycles. The minimum absolute atomic E-state index is 0.0869. The van der Waals surface area contributed by atoms with Crippen LogP contribution in [0.15, 0.2) is 35.2 Å². The molecule has 88 valence electrons. The highest BCUT2D eigenvalue weighted by Gasteiger charge is 2.05. The molecule has 0 saturated carbocycles. The molecule has 7 heteroatoms. The van der Waals surface area contributed by atoms with Crippen molar-refractivity contribution in [3.05, 3.63) is 52.2 Å². The summed E-state index contributed by atoms with van der Waals surface area (Å²) in [5.74, 6) is 0.551. The number of nitrogens with one attached hydrogen (secondary N) is 1. The summed E-state index contributed by atoms with van der Waals surface area (Å²) in [5.41, 5.74) is 0.923. The fourth-order valence-electron chi connectivity index (χ4n) is 1.37. The van der Waals surface area contributed by atoms with Gasteiger partial charge in [-0.25, -0.2) is 0 Å². The summed E-state index contributed by atoms with van der Waals surface area (Å²) < 4.78 is 4.58. The minimum atomic E-state index is -0.414. The fraction of sp³-hybridized carbons (Fsp3) is 0.200. The standard InChI is InChI=1S/C10H10N4O3/c15-14(16)9-3-1-2-8(4-9)5-11-6-10-12-7-17-13-10/h1-4,7,11H,5-6H2. The molecular formula is C10H10N4O3. The molecule has 0 aliphatic heterocycles. The van der Waals surface area contributed by atoms with E-state index in [1.807, 2.05) is 6.07 Å². The Morgan fingerprint density at radius 1 is 1.41 bits per heavy atom. The van der Waals surface area contributed by atoms with Gasteiger partial charge in [0.15, 0.2) is 5.82 Å². The SMILES string of the molecule is O=[N+]([O-])c1cccc(CNCc2ncon2)c1. The monoisotopic (exact) mass is 234 g/mol. The number of hydrogen-bond donors (Lipinski definition) is 1. The summed E-state index contributed by atoms with van der Waals surface area (Å²) in [5, 5.41) is 17.3. The molecule has 0 radical (unpaired) electrons. The van der Waals surface area contributed by atoms with Crippen LogP contribution in [0.4, 0.5) is 5.69 Å². The van der Waals surface area contributed by atoms with Crippen LogP contribution < -0.4 is 5.32 Å². The predicted molar refractivity (Wildman–Crippen MR) is 57.9 cm³/mol. The summed E-state index contributed by atoms with van der Waals surface area (Å²) in [6.07, 6.45) is 1.25. The van der Waals surface area contributed by atoms with E-state index >= 15 is 0 Å². The van der Waals surface area contributed by atoms with Crippen LogP contribution >= 0.6 is 0 Å². The highest BCUT2D eigenvalue weighted by molar-refractivity contribution is 5.34. The van der Waals surface area contributed by atoms with Gasteiger partial charge in [0.25, 0.3) is 5.69 Å². The fourth-order valence-corrected chi connectivity index (χ4v) is 1.37. The Labute approximate surface area is 96.6 Å². The van der Waals surface area contributed by atoms with Crippen molar-refractivity contribution in [3.63, 3.8) is 0 Å². The second kappa shape index (κ2) is 5.17. The topological polar surface area (TPSA) is 94.1 Å². The van der Waals surface area contributed by atoms with Crippen LogP contribution in [0.1, 0.15) is 11.4 Å². The van der Waals surface area contributed by atoms with Crippen molar-refractivity contribution in [2.24, 2.45) is 0 Å². The predicted octanol–water partition coefficient (Wildman–Crippen LogP) is 1.27. The Balaban J connectivity index is 1.90. The summed E-state index contributed by atoms with van der Waals surface area (Å²) in [6.45, 7) is 0.968. The molecule has 0 aliphatic rings. The van der Waals surface area contributed by atoms with E-state index in [0.717, 1.165) is 5.56 Å². The molecule has 0 fully saturated rings. The number of non-ortho nitro benzene ring substituents is 1. The quantitative estimate of drug-likeness (QED) is 0.618. The van der Waals surface area contributed by atoms with Gasteiger partial charge in [-0.2, -0.15) is 4.98 Å². The maximum Gasteiger partial charge on any atom is 0.269 e. The molecule has 2 rings (SSSR count). The second-order valence-corrected chi connectivity index (χ2v) is 3.38. The van der Waals surface area contributed by atoms with Crippen LogP contribution in [0.2, 0.25) is 0 Å². The lowest BCUT2D eigenvalue weighted by Crippen LogP contribution is -2.13. The number of nitro groups is 1. The molecule has 0 spiro atoms. The van der Waals surface area contributed by atoms with E-state index in [0.29, 0.717) is 18.9 Å². The Morgan fingerprint density at radius 3 is 3.00 bits per heavy atom. The van der Waals surface area contributed by atoms with Crippen LogP contribution in [0.3, 0.4) is 0 Å². The van der Waals surface area contributed by atoms with E-state index in [-0.39, 0.29) is 5.69 Å². The van der Waals surface area contributed by atoms with Crippen molar-refractivity contribution < 1.29 is 9.45 Å². The van der Waals surface area contributed by atoms with E-state index in [2.05, 4.69) is 20.0 Å². The third kappa shape index (κ3) is 3.08. The van der Waals surface area contributed by atoms with Crippen molar-refractivity contribution in [2.75, 3.05) is 0 Å². The molecule has 2 aromatic rings. The van der Waals surface area contributed by atoms with Crippen molar-refractivity contribution in [2.45, 2.75) is 13.1 Å². The number of nitro benzene ring substituents is 1. The Kier molecular flexibility index (Phi) is 3.41. The van der Waals surface area contributed by atoms with E-state index in [9.17, 15) is 10.1 Å². The van der Waals surface area contributed by atoms with Gasteiger partial charge in [-0.1, -0.05) is 17.3 Å². The number of rotatable bonds is 5. The Morgan fingerprint density at radius 2 is 2.29 bits per heavy atom. The van der Waals surface area contributed by atoms with E-state index in [4.69, 9.17) is 0 Å². The molecule has 0 amide bonds. The van der Waals surface area contributed by atoms with Gasteiger partial charge in [0.1, 0.15) is 0 Å². The van der Waals surface area contributed by atoms with Crippen LogP contribution in [0, 0.1) is 10.1 Å². The lowest BCUT2D eigenvalue weighted by molar-refractivity contribution is -0.384. The zero-order valence-electron chi connectivity index (χ0n) is 8.87. The minimum Gasteiger partial charge on any atom is -0.343 e. The molecule has 0 saturated heterocycles. The van der Waals surface area contributed by atoms with Crippen molar-refractivity contribution in [3.8, 4) is 0 Å². The van der Waals surface area contributed by atoms with Gasteiger partial charge < -0.3 is 9.84 Å². The summed E-state index contributed by atoms with van der Waals surface area (Å²) in [4.78, 5) is 14.0. The average Bonchev–Trinajstić information content (AvgIpc) is 2.82. The van der Waals surface area contributed by atoms with Gasteiger partial charge in [0.05, 0.1) is 11.5 Å². The maximum absolute atomic E-state index is 10.6. The van der Waals surface area contributed by atoms with E-state index in [1.54, 1.807) is 6.07 Å². The third-order valence-electron chi connectivity index (χ3n) is 2.14. The molecule has 0 bridgehead atoms. The van der Waals surface area contributed by atoms with Gasteiger partial charge in [-0.05, 0) is 5.56 Å². The first kappa shape index (κ1) is 11.2. The molecular weight excluding hydrogens is 224 g/mol. The van der Waals surface area contributed by atoms with Crippen molar-refractivity contribution >= 4 is 5.69 Å². The highest BCUT2D eigenvalue weighted by atomic mass is 16.6. The van der Waals surface area contributed by atoms with Gasteiger partial charge >= 0.3 is 0 Å².